The van der Waals surface area contributed by atoms with E-state index in [1.165, 1.54) is 26.2 Å². The lowest BCUT2D eigenvalue weighted by Crippen LogP contribution is -2.39. The molecule has 0 spiro atoms. The second-order valence-corrected chi connectivity index (χ2v) is 4.23. The van der Waals surface area contributed by atoms with Crippen molar-refractivity contribution in [1.29, 1.82) is 0 Å². The average molecular weight is 276 g/mol. The largest absolute Gasteiger partial charge is 0.467 e. The van der Waals surface area contributed by atoms with Crippen molar-refractivity contribution in [1.82, 2.24) is 10.3 Å². The number of hydrogen-bond acceptors (Lipinski definition) is 4. The van der Waals surface area contributed by atoms with Crippen LogP contribution in [0.25, 0.3) is 10.9 Å². The number of rotatable bonds is 3. The van der Waals surface area contributed by atoms with Crippen molar-refractivity contribution < 1.29 is 18.7 Å². The van der Waals surface area contributed by atoms with E-state index >= 15 is 0 Å². The first-order chi connectivity index (χ1) is 9.52. The Morgan fingerprint density at radius 2 is 2.05 bits per heavy atom. The van der Waals surface area contributed by atoms with E-state index in [1.54, 1.807) is 18.2 Å². The van der Waals surface area contributed by atoms with Gasteiger partial charge in [0, 0.05) is 5.39 Å². The molecule has 6 heteroatoms. The molecule has 104 valence electrons. The molecule has 1 atom stereocenters. The zero-order valence-electron chi connectivity index (χ0n) is 11.0. The predicted octanol–water partition coefficient (Wildman–Crippen LogP) is 1.67. The number of carbonyl (C=O) groups excluding carboxylic acids is 2. The molecule has 2 aromatic rings. The van der Waals surface area contributed by atoms with Gasteiger partial charge in [-0.1, -0.05) is 18.2 Å². The predicted molar refractivity (Wildman–Crippen MR) is 70.6 cm³/mol. The third-order valence-electron chi connectivity index (χ3n) is 2.81. The van der Waals surface area contributed by atoms with Gasteiger partial charge in [0.05, 0.1) is 7.11 Å². The highest BCUT2D eigenvalue weighted by Gasteiger charge is 2.18. The van der Waals surface area contributed by atoms with Gasteiger partial charge < -0.3 is 10.1 Å². The summed E-state index contributed by atoms with van der Waals surface area (Å²) in [5, 5.41) is 3.03. The number of fused-ring (bicyclic) bond motifs is 1. The van der Waals surface area contributed by atoms with Crippen LogP contribution in [-0.2, 0) is 9.53 Å². The summed E-state index contributed by atoms with van der Waals surface area (Å²) in [7, 11) is 1.23. The second-order valence-electron chi connectivity index (χ2n) is 4.23. The van der Waals surface area contributed by atoms with Crippen LogP contribution >= 0.6 is 0 Å². The number of halogens is 1. The Balaban J connectivity index is 2.27. The Kier molecular flexibility index (Phi) is 3.93. The van der Waals surface area contributed by atoms with Crippen LogP contribution in [0.3, 0.4) is 0 Å². The highest BCUT2D eigenvalue weighted by atomic mass is 19.1. The number of nitrogens with zero attached hydrogens (tertiary/aromatic N) is 1. The van der Waals surface area contributed by atoms with Gasteiger partial charge in [0.2, 0.25) is 0 Å². The molecule has 0 aliphatic rings. The van der Waals surface area contributed by atoms with Crippen LogP contribution in [-0.4, -0.2) is 30.0 Å². The van der Waals surface area contributed by atoms with Crippen LogP contribution in [0, 0.1) is 5.82 Å². The molecule has 0 aliphatic heterocycles. The molecule has 5 nitrogen and oxygen atoms in total. The number of benzene rings is 1. The van der Waals surface area contributed by atoms with E-state index in [0.717, 1.165) is 0 Å². The van der Waals surface area contributed by atoms with Crippen molar-refractivity contribution in [3.63, 3.8) is 0 Å². The maximum atomic E-state index is 13.6. The van der Waals surface area contributed by atoms with Gasteiger partial charge in [0.25, 0.3) is 5.91 Å². The fourth-order valence-corrected chi connectivity index (χ4v) is 1.74. The SMILES string of the molecule is COC(=O)C(C)NC(=O)c1ccc2cccc(F)c2n1. The zero-order chi connectivity index (χ0) is 14.7. The Labute approximate surface area is 114 Å². The number of methoxy groups -OCH3 is 1. The Morgan fingerprint density at radius 1 is 1.30 bits per heavy atom. The molecule has 0 radical (unpaired) electrons. The minimum absolute atomic E-state index is 0.0401. The summed E-state index contributed by atoms with van der Waals surface area (Å²) in [5.41, 5.74) is 0.157. The Morgan fingerprint density at radius 3 is 2.75 bits per heavy atom. The smallest absolute Gasteiger partial charge is 0.328 e. The number of carbonyl (C=O) groups is 2. The maximum absolute atomic E-state index is 13.6. The molecule has 0 fully saturated rings. The molecule has 20 heavy (non-hydrogen) atoms. The fraction of sp³-hybridized carbons (Fsp3) is 0.214. The second kappa shape index (κ2) is 5.64. The normalized spacial score (nSPS) is 11.9. The van der Waals surface area contributed by atoms with E-state index in [9.17, 15) is 14.0 Å². The van der Waals surface area contributed by atoms with Gasteiger partial charge in [-0.25, -0.2) is 14.2 Å². The fourth-order valence-electron chi connectivity index (χ4n) is 1.74. The van der Waals surface area contributed by atoms with Crippen molar-refractivity contribution in [2.24, 2.45) is 0 Å². The van der Waals surface area contributed by atoms with E-state index in [4.69, 9.17) is 0 Å². The van der Waals surface area contributed by atoms with Gasteiger partial charge >= 0.3 is 5.97 Å². The monoisotopic (exact) mass is 276 g/mol. The molecule has 1 aromatic heterocycles. The van der Waals surface area contributed by atoms with E-state index in [1.807, 2.05) is 0 Å². The maximum Gasteiger partial charge on any atom is 0.328 e. The van der Waals surface area contributed by atoms with Crippen LogP contribution in [0.15, 0.2) is 30.3 Å². The number of amides is 1. The molecular formula is C14H13FN2O3. The standard InChI is InChI=1S/C14H13FN2O3/c1-8(14(19)20-2)16-13(18)11-7-6-9-4-3-5-10(15)12(9)17-11/h3-8H,1-2H3,(H,16,18). The van der Waals surface area contributed by atoms with Gasteiger partial charge in [-0.2, -0.15) is 0 Å². The summed E-state index contributed by atoms with van der Waals surface area (Å²) >= 11 is 0. The van der Waals surface area contributed by atoms with Crippen molar-refractivity contribution >= 4 is 22.8 Å². The molecule has 1 heterocycles. The summed E-state index contributed by atoms with van der Waals surface area (Å²) in [6.45, 7) is 1.49. The Hall–Kier alpha value is -2.50. The van der Waals surface area contributed by atoms with E-state index in [2.05, 4.69) is 15.0 Å². The van der Waals surface area contributed by atoms with Crippen LogP contribution in [0.1, 0.15) is 17.4 Å². The third kappa shape index (κ3) is 2.74. The molecule has 1 N–H and O–H groups in total. The summed E-state index contributed by atoms with van der Waals surface area (Å²) < 4.78 is 18.1. The van der Waals surface area contributed by atoms with Crippen LogP contribution in [0.2, 0.25) is 0 Å². The minimum Gasteiger partial charge on any atom is -0.467 e. The lowest BCUT2D eigenvalue weighted by Gasteiger charge is -2.11. The first-order valence-corrected chi connectivity index (χ1v) is 5.97. The topological polar surface area (TPSA) is 68.3 Å². The van der Waals surface area contributed by atoms with E-state index < -0.39 is 23.7 Å². The minimum atomic E-state index is -0.800. The van der Waals surface area contributed by atoms with Gasteiger partial charge in [0.15, 0.2) is 0 Å². The molecule has 1 amide bonds. The van der Waals surface area contributed by atoms with E-state index in [-0.39, 0.29) is 11.2 Å². The number of aromatic nitrogens is 1. The van der Waals surface area contributed by atoms with Crippen molar-refractivity contribution in [2.45, 2.75) is 13.0 Å². The number of para-hydroxylation sites is 1. The first kappa shape index (κ1) is 13.9. The number of hydrogen-bond donors (Lipinski definition) is 1. The number of nitrogens with one attached hydrogen (secondary N) is 1. The molecule has 0 saturated carbocycles. The summed E-state index contributed by atoms with van der Waals surface area (Å²) in [4.78, 5) is 27.1. The van der Waals surface area contributed by atoms with Crippen LogP contribution in [0.5, 0.6) is 0 Å². The highest BCUT2D eigenvalue weighted by molar-refractivity contribution is 5.97. The van der Waals surface area contributed by atoms with Gasteiger partial charge in [0.1, 0.15) is 23.1 Å². The average Bonchev–Trinajstić information content (AvgIpc) is 2.46. The summed E-state index contributed by atoms with van der Waals surface area (Å²) in [6.07, 6.45) is 0. The summed E-state index contributed by atoms with van der Waals surface area (Å²) in [5.74, 6) is -1.63. The van der Waals surface area contributed by atoms with Gasteiger partial charge in [-0.3, -0.25) is 4.79 Å². The third-order valence-corrected chi connectivity index (χ3v) is 2.81. The molecule has 1 unspecified atom stereocenters. The lowest BCUT2D eigenvalue weighted by atomic mass is 10.2. The zero-order valence-corrected chi connectivity index (χ0v) is 11.0. The van der Waals surface area contributed by atoms with Crippen LogP contribution in [0.4, 0.5) is 4.39 Å². The van der Waals surface area contributed by atoms with Crippen molar-refractivity contribution in [3.05, 3.63) is 41.8 Å². The highest BCUT2D eigenvalue weighted by Crippen LogP contribution is 2.15. The molecule has 2 rings (SSSR count). The Bertz CT molecular complexity index is 673. The molecular weight excluding hydrogens is 263 g/mol. The van der Waals surface area contributed by atoms with Crippen LogP contribution < -0.4 is 5.32 Å². The first-order valence-electron chi connectivity index (χ1n) is 5.97. The molecule has 0 bridgehead atoms. The quantitative estimate of drug-likeness (QED) is 0.866. The van der Waals surface area contributed by atoms with Crippen molar-refractivity contribution in [3.8, 4) is 0 Å². The number of ether oxygens (including phenoxy) is 1. The molecule has 0 aliphatic carbocycles. The molecule has 0 saturated heterocycles. The molecule has 1 aromatic carbocycles. The van der Waals surface area contributed by atoms with Gasteiger partial charge in [-0.05, 0) is 19.1 Å². The van der Waals surface area contributed by atoms with E-state index in [0.29, 0.717) is 5.39 Å². The number of pyridine rings is 1. The van der Waals surface area contributed by atoms with Crippen molar-refractivity contribution in [2.75, 3.05) is 7.11 Å². The number of esters is 1. The lowest BCUT2D eigenvalue weighted by molar-refractivity contribution is -0.142. The summed E-state index contributed by atoms with van der Waals surface area (Å²) in [6, 6.07) is 6.81. The van der Waals surface area contributed by atoms with Gasteiger partial charge in [-0.15, -0.1) is 0 Å².